The molecule has 3 aromatic rings. The summed E-state index contributed by atoms with van der Waals surface area (Å²) in [7, 11) is 3.65. The second kappa shape index (κ2) is 8.83. The number of primary amides is 1. The number of nitrogens with two attached hydrogens (primary N) is 2. The molecule has 0 saturated heterocycles. The van der Waals surface area contributed by atoms with Crippen LogP contribution in [-0.2, 0) is 7.05 Å². The van der Waals surface area contributed by atoms with Crippen molar-refractivity contribution in [2.45, 2.75) is 57.0 Å². The van der Waals surface area contributed by atoms with Gasteiger partial charge in [-0.2, -0.15) is 4.98 Å². The first-order valence-corrected chi connectivity index (χ1v) is 11.4. The topological polar surface area (TPSA) is 115 Å². The fraction of sp³-hybridized carbons (Fsp3) is 0.458. The van der Waals surface area contributed by atoms with Crippen molar-refractivity contribution in [3.63, 3.8) is 0 Å². The average molecular weight is 472 g/mol. The Morgan fingerprint density at radius 2 is 2.09 bits per heavy atom. The number of likely N-dealkylation sites (N-methyl/N-ethyl adjacent to an activating group) is 1. The highest BCUT2D eigenvalue weighted by atomic mass is 19.3. The highest BCUT2D eigenvalue weighted by Gasteiger charge is 2.46. The number of aromatic nitrogens is 3. The second-order valence-electron chi connectivity index (χ2n) is 9.30. The number of carbonyl (C=O) groups is 1. The number of fused-ring (bicyclic) bond motifs is 1. The smallest absolute Gasteiger partial charge is 0.264 e. The van der Waals surface area contributed by atoms with Gasteiger partial charge in [0.05, 0.1) is 17.6 Å². The van der Waals surface area contributed by atoms with E-state index in [2.05, 4.69) is 39.8 Å². The molecular weight excluding hydrogens is 440 g/mol. The maximum absolute atomic E-state index is 14.2. The van der Waals surface area contributed by atoms with Crippen LogP contribution in [0.1, 0.15) is 55.1 Å². The summed E-state index contributed by atoms with van der Waals surface area (Å²) in [5.74, 6) is -2.93. The van der Waals surface area contributed by atoms with E-state index in [0.29, 0.717) is 18.8 Å². The van der Waals surface area contributed by atoms with Gasteiger partial charge in [-0.1, -0.05) is 19.9 Å². The average Bonchev–Trinajstić information content (AvgIpc) is 3.13. The minimum atomic E-state index is -2.96. The van der Waals surface area contributed by atoms with Gasteiger partial charge in [-0.05, 0) is 37.0 Å². The molecule has 2 unspecified atom stereocenters. The summed E-state index contributed by atoms with van der Waals surface area (Å²) in [6, 6.07) is 5.95. The van der Waals surface area contributed by atoms with Crippen LogP contribution in [0.4, 0.5) is 26.2 Å². The maximum atomic E-state index is 14.2. The molecule has 34 heavy (non-hydrogen) atoms. The molecular formula is C24H31F2N7O. The molecule has 0 bridgehead atoms. The Hall–Kier alpha value is -3.27. The number of benzene rings is 1. The van der Waals surface area contributed by atoms with Gasteiger partial charge in [-0.25, -0.2) is 13.8 Å². The Kier molecular flexibility index (Phi) is 6.20. The van der Waals surface area contributed by atoms with Crippen molar-refractivity contribution in [1.82, 2.24) is 14.5 Å². The van der Waals surface area contributed by atoms with Gasteiger partial charge in [0.1, 0.15) is 11.4 Å². The highest BCUT2D eigenvalue weighted by molar-refractivity contribution is 6.00. The number of carbonyl (C=O) groups excluding carboxylic acids is 1. The number of rotatable bonds is 6. The first-order valence-electron chi connectivity index (χ1n) is 11.4. The van der Waals surface area contributed by atoms with Gasteiger partial charge in [-0.3, -0.25) is 4.79 Å². The molecule has 0 spiro atoms. The number of halogens is 2. The molecule has 1 saturated carbocycles. The number of amides is 1. The van der Waals surface area contributed by atoms with Crippen LogP contribution in [0.15, 0.2) is 30.5 Å². The van der Waals surface area contributed by atoms with E-state index in [0.717, 1.165) is 22.3 Å². The summed E-state index contributed by atoms with van der Waals surface area (Å²) < 4.78 is 30.6. The number of hydrogen-bond acceptors (Lipinski definition) is 6. The SMILES string of the molecule is CC(C)c1cc2c(Nc3nc(N(C)C4CCCC(F)(F)C4N)ncc3C(N)=O)cccc2n1C. The van der Waals surface area contributed by atoms with Crippen molar-refractivity contribution in [2.24, 2.45) is 18.5 Å². The van der Waals surface area contributed by atoms with Crippen LogP contribution >= 0.6 is 0 Å². The monoisotopic (exact) mass is 471 g/mol. The maximum Gasteiger partial charge on any atom is 0.264 e. The zero-order valence-electron chi connectivity index (χ0n) is 19.8. The molecule has 8 nitrogen and oxygen atoms in total. The predicted octanol–water partition coefficient (Wildman–Crippen LogP) is 3.89. The van der Waals surface area contributed by atoms with E-state index in [1.807, 2.05) is 25.2 Å². The third-order valence-corrected chi connectivity index (χ3v) is 6.74. The highest BCUT2D eigenvalue weighted by Crippen LogP contribution is 2.36. The third kappa shape index (κ3) is 4.18. The van der Waals surface area contributed by atoms with Gasteiger partial charge >= 0.3 is 0 Å². The van der Waals surface area contributed by atoms with Gasteiger partial charge in [0.25, 0.3) is 11.8 Å². The summed E-state index contributed by atoms with van der Waals surface area (Å²) in [5.41, 5.74) is 14.5. The van der Waals surface area contributed by atoms with Crippen molar-refractivity contribution in [1.29, 1.82) is 0 Å². The van der Waals surface area contributed by atoms with E-state index in [9.17, 15) is 13.6 Å². The number of hydrogen-bond donors (Lipinski definition) is 3. The summed E-state index contributed by atoms with van der Waals surface area (Å²) >= 11 is 0. The lowest BCUT2D eigenvalue weighted by atomic mass is 9.87. The van der Waals surface area contributed by atoms with Crippen LogP contribution < -0.4 is 21.7 Å². The molecule has 0 aliphatic heterocycles. The molecule has 1 fully saturated rings. The molecule has 1 aliphatic carbocycles. The molecule has 1 aliphatic rings. The van der Waals surface area contributed by atoms with Crippen LogP contribution in [0, 0.1) is 0 Å². The largest absolute Gasteiger partial charge is 0.365 e. The molecule has 182 valence electrons. The van der Waals surface area contributed by atoms with Crippen LogP contribution in [0.25, 0.3) is 10.9 Å². The van der Waals surface area contributed by atoms with Gasteiger partial charge in [0.15, 0.2) is 0 Å². The lowest BCUT2D eigenvalue weighted by molar-refractivity contribution is -0.0585. The Bertz CT molecular complexity index is 1220. The van der Waals surface area contributed by atoms with Gasteiger partial charge in [-0.15, -0.1) is 0 Å². The molecule has 4 rings (SSSR count). The Morgan fingerprint density at radius 1 is 1.35 bits per heavy atom. The van der Waals surface area contributed by atoms with Crippen molar-refractivity contribution in [3.8, 4) is 0 Å². The van der Waals surface area contributed by atoms with Crippen LogP contribution in [0.3, 0.4) is 0 Å². The van der Waals surface area contributed by atoms with E-state index in [1.165, 1.54) is 6.20 Å². The second-order valence-corrected chi connectivity index (χ2v) is 9.30. The first-order chi connectivity index (χ1) is 16.0. The van der Waals surface area contributed by atoms with Crippen molar-refractivity contribution >= 4 is 34.3 Å². The summed E-state index contributed by atoms with van der Waals surface area (Å²) in [6.07, 6.45) is 1.94. The lowest BCUT2D eigenvalue weighted by Crippen LogP contribution is -2.58. The quantitative estimate of drug-likeness (QED) is 0.503. The van der Waals surface area contributed by atoms with Crippen LogP contribution in [0.5, 0.6) is 0 Å². The number of anilines is 3. The zero-order valence-corrected chi connectivity index (χ0v) is 19.8. The zero-order chi connectivity index (χ0) is 24.8. The fourth-order valence-electron chi connectivity index (χ4n) is 4.75. The Balaban J connectivity index is 1.73. The van der Waals surface area contributed by atoms with Gasteiger partial charge in [0, 0.05) is 43.5 Å². The number of nitrogens with zero attached hydrogens (tertiary/aromatic N) is 4. The molecule has 0 radical (unpaired) electrons. The van der Waals surface area contributed by atoms with Crippen molar-refractivity contribution in [3.05, 3.63) is 41.7 Å². The first kappa shape index (κ1) is 23.9. The molecule has 2 aromatic heterocycles. The van der Waals surface area contributed by atoms with E-state index < -0.39 is 23.9 Å². The number of nitrogens with one attached hydrogen (secondary N) is 1. The van der Waals surface area contributed by atoms with Crippen LogP contribution in [-0.4, -0.2) is 45.5 Å². The van der Waals surface area contributed by atoms with Gasteiger partial charge < -0.3 is 26.3 Å². The standard InChI is InChI=1S/C24H31F2N7O/c1-13(2)19-11-14-16(7-5-8-17(14)32(19)3)30-22-15(21(28)34)12-29-23(31-22)33(4)18-9-6-10-24(25,26)20(18)27/h5,7-8,11-13,18,20H,6,9-10,27H2,1-4H3,(H2,28,34)(H,29,30,31). The molecule has 2 heterocycles. The summed E-state index contributed by atoms with van der Waals surface area (Å²) in [5, 5.41) is 4.20. The molecule has 1 aromatic carbocycles. The molecule has 5 N–H and O–H groups in total. The third-order valence-electron chi connectivity index (χ3n) is 6.74. The van der Waals surface area contributed by atoms with Crippen molar-refractivity contribution in [2.75, 3.05) is 17.3 Å². The minimum absolute atomic E-state index is 0.104. The van der Waals surface area contributed by atoms with E-state index >= 15 is 0 Å². The summed E-state index contributed by atoms with van der Waals surface area (Å²) in [6.45, 7) is 4.25. The van der Waals surface area contributed by atoms with Gasteiger partial charge in [0.2, 0.25) is 5.95 Å². The molecule has 1 amide bonds. The molecule has 2 atom stereocenters. The summed E-state index contributed by atoms with van der Waals surface area (Å²) in [4.78, 5) is 22.4. The van der Waals surface area contributed by atoms with E-state index in [4.69, 9.17) is 11.5 Å². The van der Waals surface area contributed by atoms with Crippen LogP contribution in [0.2, 0.25) is 0 Å². The minimum Gasteiger partial charge on any atom is -0.365 e. The number of aryl methyl sites for hydroxylation is 1. The Labute approximate surface area is 197 Å². The molecule has 10 heteroatoms. The normalized spacial score (nSPS) is 20.0. The lowest BCUT2D eigenvalue weighted by Gasteiger charge is -2.40. The Morgan fingerprint density at radius 3 is 2.76 bits per heavy atom. The van der Waals surface area contributed by atoms with Crippen molar-refractivity contribution < 1.29 is 13.6 Å². The fourth-order valence-corrected chi connectivity index (χ4v) is 4.75. The predicted molar refractivity (Wildman–Crippen MR) is 130 cm³/mol. The number of alkyl halides is 2. The van der Waals surface area contributed by atoms with E-state index in [1.54, 1.807) is 11.9 Å². The van der Waals surface area contributed by atoms with E-state index in [-0.39, 0.29) is 23.8 Å².